The zero-order valence-electron chi connectivity index (χ0n) is 24.4. The van der Waals surface area contributed by atoms with Crippen LogP contribution in [0.3, 0.4) is 0 Å². The Bertz CT molecular complexity index is 1430. The van der Waals surface area contributed by atoms with Gasteiger partial charge in [-0.25, -0.2) is 4.39 Å². The minimum atomic E-state index is -0.755. The average Bonchev–Trinajstić information content (AvgIpc) is 3.78. The molecule has 0 unspecified atom stereocenters. The Kier molecular flexibility index (Phi) is 9.26. The highest BCUT2D eigenvalue weighted by atomic mass is 19.1. The number of benzene rings is 3. The van der Waals surface area contributed by atoms with E-state index in [0.29, 0.717) is 40.9 Å². The van der Waals surface area contributed by atoms with Crippen LogP contribution in [-0.2, 0) is 6.42 Å². The van der Waals surface area contributed by atoms with Gasteiger partial charge in [-0.1, -0.05) is 57.2 Å². The summed E-state index contributed by atoms with van der Waals surface area (Å²) in [5, 5.41) is 2.95. The number of primary amides is 1. The van der Waals surface area contributed by atoms with Gasteiger partial charge < -0.3 is 16.0 Å². The molecule has 4 rings (SSSR count). The summed E-state index contributed by atoms with van der Waals surface area (Å²) < 4.78 is 14.9. The van der Waals surface area contributed by atoms with E-state index in [0.717, 1.165) is 38.2 Å². The van der Waals surface area contributed by atoms with E-state index in [1.807, 2.05) is 43.9 Å². The highest BCUT2D eigenvalue weighted by Gasteiger charge is 2.34. The van der Waals surface area contributed by atoms with Gasteiger partial charge >= 0.3 is 0 Å². The molecule has 7 heteroatoms. The first-order valence-corrected chi connectivity index (χ1v) is 14.3. The number of hydrogen-bond donors (Lipinski definition) is 2. The molecule has 3 amide bonds. The number of unbranched alkanes of at least 4 members (excludes halogenated alkanes) is 1. The predicted octanol–water partition coefficient (Wildman–Crippen LogP) is 6.30. The highest BCUT2D eigenvalue weighted by Crippen LogP contribution is 2.34. The monoisotopic (exact) mass is 557 g/mol. The van der Waals surface area contributed by atoms with Crippen LogP contribution in [0.15, 0.2) is 60.7 Å². The van der Waals surface area contributed by atoms with Gasteiger partial charge in [-0.05, 0) is 91.0 Å². The molecule has 0 aromatic heterocycles. The Morgan fingerprint density at radius 2 is 1.66 bits per heavy atom. The van der Waals surface area contributed by atoms with E-state index in [-0.39, 0.29) is 28.8 Å². The van der Waals surface area contributed by atoms with Gasteiger partial charge in [0.2, 0.25) is 5.91 Å². The van der Waals surface area contributed by atoms with Gasteiger partial charge in [0.05, 0.1) is 0 Å². The summed E-state index contributed by atoms with van der Waals surface area (Å²) in [7, 11) is 0. The Balaban J connectivity index is 1.68. The van der Waals surface area contributed by atoms with Crippen LogP contribution >= 0.6 is 0 Å². The topological polar surface area (TPSA) is 92.5 Å². The third-order valence-electron chi connectivity index (χ3n) is 7.42. The molecule has 0 spiro atoms. The van der Waals surface area contributed by atoms with Gasteiger partial charge in [0.15, 0.2) is 0 Å². The lowest BCUT2D eigenvalue weighted by Gasteiger charge is -2.25. The molecule has 216 valence electrons. The lowest BCUT2D eigenvalue weighted by molar-refractivity contribution is 0.0740. The molecule has 0 atom stereocenters. The number of carbonyl (C=O) groups is 3. The molecule has 0 aliphatic heterocycles. The standard InChI is InChI=1S/C34H40FN3O3/c1-22-28(19-25(31(36)39)20-30(22)35)27-16-13-24(32(40)37-21-34(2,3)4)18-29(27)33(41)38(26-14-15-26)17-9-8-12-23-10-6-5-7-11-23/h5-7,10-11,13,16,18-20,26H,8-9,12,14-15,17,21H2,1-4H3,(H2,36,39)(H,37,40). The minimum absolute atomic E-state index is 0.0217. The lowest BCUT2D eigenvalue weighted by Crippen LogP contribution is -2.35. The van der Waals surface area contributed by atoms with Gasteiger partial charge in [-0.15, -0.1) is 0 Å². The van der Waals surface area contributed by atoms with Gasteiger partial charge in [-0.3, -0.25) is 14.4 Å². The first-order valence-electron chi connectivity index (χ1n) is 14.3. The molecule has 3 aromatic rings. The number of halogens is 1. The zero-order chi connectivity index (χ0) is 29.7. The molecule has 0 saturated heterocycles. The number of nitrogens with zero attached hydrogens (tertiary/aromatic N) is 1. The van der Waals surface area contributed by atoms with Crippen molar-refractivity contribution in [3.05, 3.63) is 94.3 Å². The second kappa shape index (κ2) is 12.7. The van der Waals surface area contributed by atoms with Crippen molar-refractivity contribution in [1.82, 2.24) is 10.2 Å². The Hall–Kier alpha value is -4.00. The molecule has 0 radical (unpaired) electrons. The van der Waals surface area contributed by atoms with E-state index in [9.17, 15) is 18.8 Å². The molecular weight excluding hydrogens is 517 g/mol. The van der Waals surface area contributed by atoms with E-state index >= 15 is 0 Å². The molecule has 3 N–H and O–H groups in total. The fraction of sp³-hybridized carbons (Fsp3) is 0.382. The Labute approximate surface area is 242 Å². The number of rotatable bonds is 11. The van der Waals surface area contributed by atoms with Crippen molar-refractivity contribution in [2.45, 2.75) is 65.8 Å². The van der Waals surface area contributed by atoms with Crippen molar-refractivity contribution in [1.29, 1.82) is 0 Å². The molecule has 1 aliphatic rings. The van der Waals surface area contributed by atoms with Crippen LogP contribution in [0.1, 0.15) is 88.7 Å². The molecule has 41 heavy (non-hydrogen) atoms. The van der Waals surface area contributed by atoms with Crippen LogP contribution in [0.2, 0.25) is 0 Å². The molecule has 1 aliphatic carbocycles. The van der Waals surface area contributed by atoms with Crippen LogP contribution in [-0.4, -0.2) is 41.8 Å². The molecular formula is C34H40FN3O3. The zero-order valence-corrected chi connectivity index (χ0v) is 24.4. The summed E-state index contributed by atoms with van der Waals surface area (Å²) >= 11 is 0. The van der Waals surface area contributed by atoms with Crippen LogP contribution in [0.4, 0.5) is 4.39 Å². The van der Waals surface area contributed by atoms with Crippen molar-refractivity contribution in [2.75, 3.05) is 13.1 Å². The molecule has 0 heterocycles. The van der Waals surface area contributed by atoms with E-state index in [1.165, 1.54) is 11.6 Å². The van der Waals surface area contributed by atoms with Crippen molar-refractivity contribution in [3.63, 3.8) is 0 Å². The van der Waals surface area contributed by atoms with Crippen LogP contribution < -0.4 is 11.1 Å². The smallest absolute Gasteiger partial charge is 0.254 e. The van der Waals surface area contributed by atoms with Gasteiger partial charge in [0, 0.05) is 35.8 Å². The maximum Gasteiger partial charge on any atom is 0.254 e. The number of aryl methyl sites for hydroxylation is 1. The quantitative estimate of drug-likeness (QED) is 0.271. The summed E-state index contributed by atoms with van der Waals surface area (Å²) in [6.07, 6.45) is 4.56. The fourth-order valence-corrected chi connectivity index (χ4v) is 4.89. The van der Waals surface area contributed by atoms with Crippen molar-refractivity contribution in [2.24, 2.45) is 11.1 Å². The average molecular weight is 558 g/mol. The second-order valence-corrected chi connectivity index (χ2v) is 12.2. The molecule has 0 bridgehead atoms. The number of amides is 3. The predicted molar refractivity (Wildman–Crippen MR) is 160 cm³/mol. The van der Waals surface area contributed by atoms with Gasteiger partial charge in [0.25, 0.3) is 11.8 Å². The first-order chi connectivity index (χ1) is 19.4. The molecule has 1 saturated carbocycles. The number of hydrogen-bond acceptors (Lipinski definition) is 3. The Morgan fingerprint density at radius 3 is 2.29 bits per heavy atom. The Morgan fingerprint density at radius 1 is 0.951 bits per heavy atom. The summed E-state index contributed by atoms with van der Waals surface area (Å²) in [6, 6.07) is 17.9. The molecule has 1 fully saturated rings. The van der Waals surface area contributed by atoms with Crippen LogP contribution in [0, 0.1) is 18.2 Å². The summed E-state index contributed by atoms with van der Waals surface area (Å²) in [6.45, 7) is 8.75. The van der Waals surface area contributed by atoms with Crippen molar-refractivity contribution in [3.8, 4) is 11.1 Å². The lowest BCUT2D eigenvalue weighted by atomic mass is 9.91. The maximum atomic E-state index is 14.9. The number of nitrogens with one attached hydrogen (secondary N) is 1. The molecule has 6 nitrogen and oxygen atoms in total. The van der Waals surface area contributed by atoms with E-state index in [2.05, 4.69) is 17.4 Å². The number of nitrogens with two attached hydrogens (primary N) is 1. The third-order valence-corrected chi connectivity index (χ3v) is 7.42. The second-order valence-electron chi connectivity index (χ2n) is 12.2. The van der Waals surface area contributed by atoms with Gasteiger partial charge in [-0.2, -0.15) is 0 Å². The number of carbonyl (C=O) groups excluding carboxylic acids is 3. The fourth-order valence-electron chi connectivity index (χ4n) is 4.89. The first kappa shape index (κ1) is 30.0. The molecule has 3 aromatic carbocycles. The van der Waals surface area contributed by atoms with E-state index in [1.54, 1.807) is 25.1 Å². The van der Waals surface area contributed by atoms with E-state index in [4.69, 9.17) is 5.73 Å². The van der Waals surface area contributed by atoms with E-state index < -0.39 is 11.7 Å². The maximum absolute atomic E-state index is 14.9. The normalized spacial score (nSPS) is 13.1. The van der Waals surface area contributed by atoms with Crippen molar-refractivity contribution < 1.29 is 18.8 Å². The SMILES string of the molecule is Cc1c(F)cc(C(N)=O)cc1-c1ccc(C(=O)NCC(C)(C)C)cc1C(=O)N(CCCCc1ccccc1)C1CC1. The highest BCUT2D eigenvalue weighted by molar-refractivity contribution is 6.05. The largest absolute Gasteiger partial charge is 0.366 e. The summed E-state index contributed by atoms with van der Waals surface area (Å²) in [5.41, 5.74) is 8.50. The summed E-state index contributed by atoms with van der Waals surface area (Å²) in [5.74, 6) is -1.82. The van der Waals surface area contributed by atoms with Crippen molar-refractivity contribution >= 4 is 17.7 Å². The van der Waals surface area contributed by atoms with Gasteiger partial charge in [0.1, 0.15) is 5.82 Å². The minimum Gasteiger partial charge on any atom is -0.366 e. The summed E-state index contributed by atoms with van der Waals surface area (Å²) in [4.78, 5) is 41.1. The van der Waals surface area contributed by atoms with Crippen LogP contribution in [0.5, 0.6) is 0 Å². The van der Waals surface area contributed by atoms with Crippen LogP contribution in [0.25, 0.3) is 11.1 Å². The third kappa shape index (κ3) is 7.81.